The van der Waals surface area contributed by atoms with Crippen molar-refractivity contribution in [3.8, 4) is 0 Å². The number of halogens is 8. The van der Waals surface area contributed by atoms with Gasteiger partial charge in [0, 0.05) is 0 Å². The van der Waals surface area contributed by atoms with E-state index in [-0.39, 0.29) is 10.8 Å². The Morgan fingerprint density at radius 2 is 0.904 bits per heavy atom. The van der Waals surface area contributed by atoms with E-state index in [1.54, 1.807) is 0 Å². The molecule has 0 unspecified atom stereocenters. The Labute approximate surface area is 317 Å². The van der Waals surface area contributed by atoms with Gasteiger partial charge < -0.3 is 0 Å². The van der Waals surface area contributed by atoms with Crippen LogP contribution < -0.4 is 0 Å². The first-order chi connectivity index (χ1) is 24.0. The third-order valence-electron chi connectivity index (χ3n) is 8.76. The smallest absolute Gasteiger partial charge is 0.172 e. The molecule has 9 heteroatoms. The van der Waals surface area contributed by atoms with Crippen molar-refractivity contribution < 1.29 is 45.2 Å². The van der Waals surface area contributed by atoms with Gasteiger partial charge in [0.25, 0.3) is 0 Å². The molecule has 0 N–H and O–H groups in total. The Kier molecular flexibility index (Phi) is 13.0. The standard InChI is InChI=1S/C23H29.C15H8F6.C5H5.2ClH.Zr/c1-14-9-16-11-17-10-15(2)21(23(6,7)8)13-19(17)18(16)12-20(14)22(3,4)5;16-14(17,18)12-5-1-10(2-6-12)9-11-3-7-13(8-4-11)15(19,20)21;1-2-4-5-3-1;;;/h9-13H,1-8H3;1-8H;1-5H;2*1H;/q-1;;-1;;;+2/p-2. The quantitative estimate of drug-likeness (QED) is 0.120. The number of hydrogen-bond acceptors (Lipinski definition) is 0. The van der Waals surface area contributed by atoms with Crippen LogP contribution in [0.5, 0.6) is 0 Å². The summed E-state index contributed by atoms with van der Waals surface area (Å²) < 4.78 is 76.1. The average Bonchev–Trinajstić information content (AvgIpc) is 3.71. The molecule has 0 aliphatic rings. The molecule has 6 rings (SSSR count). The maximum Gasteiger partial charge on any atom is -0.172 e. The third kappa shape index (κ3) is 10.4. The van der Waals surface area contributed by atoms with E-state index in [2.05, 4.69) is 85.7 Å². The van der Waals surface area contributed by atoms with Crippen LogP contribution in [0.25, 0.3) is 21.5 Å². The van der Waals surface area contributed by atoms with Gasteiger partial charge in [0.2, 0.25) is 0 Å². The van der Waals surface area contributed by atoms with Crippen molar-refractivity contribution in [2.75, 3.05) is 0 Å². The van der Waals surface area contributed by atoms with Gasteiger partial charge in [-0.2, -0.15) is 18.2 Å². The van der Waals surface area contributed by atoms with Crippen LogP contribution in [0.2, 0.25) is 0 Å². The van der Waals surface area contributed by atoms with Gasteiger partial charge in [0.05, 0.1) is 0 Å². The Balaban J connectivity index is 0.000000205. The van der Waals surface area contributed by atoms with Gasteiger partial charge in [0.1, 0.15) is 0 Å². The predicted molar refractivity (Wildman–Crippen MR) is 204 cm³/mol. The summed E-state index contributed by atoms with van der Waals surface area (Å²) in [5.74, 6) is 0. The molecule has 0 aliphatic carbocycles. The molecule has 52 heavy (non-hydrogen) atoms. The van der Waals surface area contributed by atoms with Crippen molar-refractivity contribution in [2.24, 2.45) is 0 Å². The molecule has 0 spiro atoms. The Bertz CT molecular complexity index is 1980. The van der Waals surface area contributed by atoms with Crippen LogP contribution in [0.3, 0.4) is 0 Å². The number of aryl methyl sites for hydroxylation is 2. The normalized spacial score (nSPS) is 12.2. The average molecular weight is 835 g/mol. The molecule has 0 amide bonds. The van der Waals surface area contributed by atoms with Crippen LogP contribution in [0.1, 0.15) is 86.1 Å². The zero-order valence-electron chi connectivity index (χ0n) is 30.4. The molecule has 0 heterocycles. The second kappa shape index (κ2) is 16.2. The van der Waals surface area contributed by atoms with Crippen LogP contribution in [0, 0.1) is 13.8 Å². The first-order valence-electron chi connectivity index (χ1n) is 16.7. The van der Waals surface area contributed by atoms with Crippen LogP contribution >= 0.6 is 17.0 Å². The van der Waals surface area contributed by atoms with E-state index >= 15 is 0 Å². The fourth-order valence-electron chi connectivity index (χ4n) is 6.31. The summed E-state index contributed by atoms with van der Waals surface area (Å²) in [6.45, 7) is 18.3. The first kappa shape index (κ1) is 41.8. The molecule has 0 aliphatic heterocycles. The van der Waals surface area contributed by atoms with E-state index in [0.29, 0.717) is 14.3 Å². The molecule has 276 valence electrons. The molecule has 0 radical (unpaired) electrons. The van der Waals surface area contributed by atoms with Crippen molar-refractivity contribution in [2.45, 2.75) is 78.6 Å². The second-order valence-electron chi connectivity index (χ2n) is 14.9. The molecule has 0 atom stereocenters. The van der Waals surface area contributed by atoms with E-state index < -0.39 is 42.4 Å². The summed E-state index contributed by atoms with van der Waals surface area (Å²) in [6, 6.07) is 30.4. The van der Waals surface area contributed by atoms with E-state index in [1.807, 2.05) is 30.3 Å². The Hall–Kier alpha value is -2.99. The van der Waals surface area contributed by atoms with Gasteiger partial charge in [0.15, 0.2) is 0 Å². The monoisotopic (exact) mass is 832 g/mol. The largest absolute Gasteiger partial charge is 0.214 e. The summed E-state index contributed by atoms with van der Waals surface area (Å²) in [4.78, 5) is 0. The predicted octanol–water partition coefficient (Wildman–Crippen LogP) is 14.5. The third-order valence-corrected chi connectivity index (χ3v) is 13.3. The molecular weight excluding hydrogens is 793 g/mol. The fraction of sp³-hybridized carbons (Fsp3) is 0.279. The van der Waals surface area contributed by atoms with E-state index in [0.717, 1.165) is 24.3 Å². The summed E-state index contributed by atoms with van der Waals surface area (Å²) in [5, 5.41) is 5.55. The molecule has 0 saturated heterocycles. The van der Waals surface area contributed by atoms with Crippen LogP contribution in [-0.4, -0.2) is 3.21 Å². The maximum atomic E-state index is 12.6. The topological polar surface area (TPSA) is 0 Å². The number of alkyl halides is 6. The first-order valence-corrected chi connectivity index (χ1v) is 24.3. The van der Waals surface area contributed by atoms with Crippen molar-refractivity contribution in [3.63, 3.8) is 0 Å². The fourth-order valence-corrected chi connectivity index (χ4v) is 10.8. The van der Waals surface area contributed by atoms with Gasteiger partial charge in [-0.3, -0.25) is 0 Å². The van der Waals surface area contributed by atoms with E-state index in [4.69, 9.17) is 17.0 Å². The molecular formula is C43H42Cl2F6Zr-2. The molecule has 0 nitrogen and oxygen atoms in total. The number of rotatable bonds is 2. The van der Waals surface area contributed by atoms with Crippen molar-refractivity contribution in [1.29, 1.82) is 0 Å². The molecule has 0 bridgehead atoms. The minimum absolute atomic E-state index is 0.180. The number of hydrogen-bond donors (Lipinski definition) is 0. The number of fused-ring (bicyclic) bond motifs is 3. The minimum atomic E-state index is -4.48. The zero-order valence-corrected chi connectivity index (χ0v) is 34.4. The SMILES string of the molecule is Cc1cc2[cH-]c3cc(C)c(C(C)(C)C)cc3c2cc1C(C)(C)C.FC(F)(F)c1ccc([C](c2ccc(C(F)(F)F)cc2)=[Zr]([Cl])[Cl])cc1.c1cc[cH-]c1. The van der Waals surface area contributed by atoms with Crippen LogP contribution in [0.4, 0.5) is 26.3 Å². The van der Waals surface area contributed by atoms with Crippen molar-refractivity contribution >= 4 is 41.8 Å². The van der Waals surface area contributed by atoms with Crippen LogP contribution in [0.15, 0.2) is 109 Å². The van der Waals surface area contributed by atoms with Crippen LogP contribution in [-0.2, 0) is 42.1 Å². The van der Waals surface area contributed by atoms with Gasteiger partial charge >= 0.3 is 149 Å². The van der Waals surface area contributed by atoms with E-state index in [1.165, 1.54) is 68.1 Å². The molecule has 0 aromatic heterocycles. The summed E-state index contributed by atoms with van der Waals surface area (Å²) in [6.07, 6.45) is -8.95. The Morgan fingerprint density at radius 3 is 1.15 bits per heavy atom. The van der Waals surface area contributed by atoms with Crippen molar-refractivity contribution in [3.05, 3.63) is 154 Å². The minimum Gasteiger partial charge on any atom is -0.214 e. The van der Waals surface area contributed by atoms with Gasteiger partial charge in [-0.15, -0.1) is 39.7 Å². The summed E-state index contributed by atoms with van der Waals surface area (Å²) in [7, 11) is 12.1. The van der Waals surface area contributed by atoms with Gasteiger partial charge in [-0.05, 0) is 24.7 Å². The number of benzene rings is 4. The molecule has 0 fully saturated rings. The zero-order chi connectivity index (χ0) is 38.8. The molecule has 6 aromatic carbocycles. The van der Waals surface area contributed by atoms with Gasteiger partial charge in [-0.25, -0.2) is 12.1 Å². The van der Waals surface area contributed by atoms with Gasteiger partial charge in [-0.1, -0.05) is 75.9 Å². The summed E-state index contributed by atoms with van der Waals surface area (Å²) >= 11 is -3.15. The second-order valence-corrected chi connectivity index (χ2v) is 23.0. The van der Waals surface area contributed by atoms with E-state index in [9.17, 15) is 26.3 Å². The molecule has 0 saturated carbocycles. The summed E-state index contributed by atoms with van der Waals surface area (Å²) in [5.41, 5.74) is 5.16. The molecule has 6 aromatic rings. The van der Waals surface area contributed by atoms with Crippen molar-refractivity contribution in [1.82, 2.24) is 0 Å². The Morgan fingerprint density at radius 1 is 0.558 bits per heavy atom. The maximum absolute atomic E-state index is 12.6.